The molecule has 0 aliphatic carbocycles. The first-order valence-corrected chi connectivity index (χ1v) is 9.58. The molecular formula is C22H24N2O6. The molecule has 4 N–H and O–H groups in total. The van der Waals surface area contributed by atoms with Gasteiger partial charge in [0.05, 0.1) is 0 Å². The molecule has 158 valence electrons. The molecule has 2 rings (SSSR count). The number of hydrogen-bond acceptors (Lipinski definition) is 4. The van der Waals surface area contributed by atoms with Crippen LogP contribution in [-0.4, -0.2) is 34.0 Å². The molecule has 0 spiro atoms. The summed E-state index contributed by atoms with van der Waals surface area (Å²) in [6.07, 6.45) is 0.516. The van der Waals surface area contributed by atoms with Crippen molar-refractivity contribution in [2.24, 2.45) is 0 Å². The molecule has 0 heterocycles. The fourth-order valence-electron chi connectivity index (χ4n) is 2.82. The Morgan fingerprint density at radius 2 is 1.27 bits per heavy atom. The number of hydrogen-bond donors (Lipinski definition) is 4. The molecule has 0 bridgehead atoms. The molecule has 30 heavy (non-hydrogen) atoms. The number of carbonyl (C=O) groups excluding carboxylic acids is 2. The van der Waals surface area contributed by atoms with Crippen LogP contribution in [0.2, 0.25) is 0 Å². The summed E-state index contributed by atoms with van der Waals surface area (Å²) in [6, 6.07) is 14.4. The minimum absolute atomic E-state index is 0.0739. The van der Waals surface area contributed by atoms with Crippen LogP contribution in [0.4, 0.5) is 11.4 Å². The maximum absolute atomic E-state index is 12.2. The van der Waals surface area contributed by atoms with Crippen molar-refractivity contribution in [3.63, 3.8) is 0 Å². The Balaban J connectivity index is 2.13. The smallest absolute Gasteiger partial charge is 0.303 e. The number of nitrogens with one attached hydrogen (secondary N) is 2. The third kappa shape index (κ3) is 7.75. The Kier molecular flexibility index (Phi) is 8.56. The van der Waals surface area contributed by atoms with Crippen molar-refractivity contribution in [2.45, 2.75) is 38.5 Å². The Morgan fingerprint density at radius 3 is 1.83 bits per heavy atom. The highest BCUT2D eigenvalue weighted by molar-refractivity contribution is 5.98. The summed E-state index contributed by atoms with van der Waals surface area (Å²) >= 11 is 0. The third-order valence-corrected chi connectivity index (χ3v) is 4.25. The van der Waals surface area contributed by atoms with Crippen molar-refractivity contribution in [1.82, 2.24) is 0 Å². The van der Waals surface area contributed by atoms with E-state index in [0.717, 1.165) is 5.56 Å². The Bertz CT molecular complexity index is 911. The van der Waals surface area contributed by atoms with Gasteiger partial charge in [-0.15, -0.1) is 0 Å². The Labute approximate surface area is 173 Å². The van der Waals surface area contributed by atoms with Crippen LogP contribution in [0.15, 0.2) is 48.5 Å². The first-order valence-electron chi connectivity index (χ1n) is 9.58. The van der Waals surface area contributed by atoms with Gasteiger partial charge in [0.15, 0.2) is 0 Å². The molecular weight excluding hydrogens is 388 g/mol. The maximum Gasteiger partial charge on any atom is 0.303 e. The highest BCUT2D eigenvalue weighted by atomic mass is 16.4. The monoisotopic (exact) mass is 412 g/mol. The average Bonchev–Trinajstić information content (AvgIpc) is 2.69. The number of aliphatic carboxylic acids is 2. The zero-order valence-electron chi connectivity index (χ0n) is 16.4. The van der Waals surface area contributed by atoms with Gasteiger partial charge in [-0.2, -0.15) is 0 Å². The van der Waals surface area contributed by atoms with Gasteiger partial charge in [-0.3, -0.25) is 19.2 Å². The number of carbonyl (C=O) groups is 4. The molecule has 0 aromatic heterocycles. The second-order valence-corrected chi connectivity index (χ2v) is 6.72. The molecule has 2 amide bonds. The SMILES string of the molecule is O=C(O)CCCC(=O)Nc1ccc(NC(=O)CCCC(=O)O)c(-c2ccccc2)c1. The van der Waals surface area contributed by atoms with Gasteiger partial charge in [0.1, 0.15) is 0 Å². The van der Waals surface area contributed by atoms with E-state index in [9.17, 15) is 19.2 Å². The van der Waals surface area contributed by atoms with Crippen LogP contribution in [0, 0.1) is 0 Å². The van der Waals surface area contributed by atoms with E-state index in [4.69, 9.17) is 10.2 Å². The minimum Gasteiger partial charge on any atom is -0.481 e. The molecule has 2 aromatic rings. The lowest BCUT2D eigenvalue weighted by Crippen LogP contribution is -2.14. The number of anilines is 2. The molecule has 0 fully saturated rings. The predicted molar refractivity (Wildman–Crippen MR) is 112 cm³/mol. The van der Waals surface area contributed by atoms with E-state index in [0.29, 0.717) is 16.9 Å². The summed E-state index contributed by atoms with van der Waals surface area (Å²) in [7, 11) is 0. The quantitative estimate of drug-likeness (QED) is 0.444. The van der Waals surface area contributed by atoms with E-state index in [1.54, 1.807) is 18.2 Å². The molecule has 0 aliphatic heterocycles. The summed E-state index contributed by atoms with van der Waals surface area (Å²) < 4.78 is 0. The molecule has 0 saturated heterocycles. The van der Waals surface area contributed by atoms with E-state index in [1.807, 2.05) is 30.3 Å². The first kappa shape index (κ1) is 22.6. The van der Waals surface area contributed by atoms with Gasteiger partial charge in [0.2, 0.25) is 11.8 Å². The predicted octanol–water partition coefficient (Wildman–Crippen LogP) is 3.74. The number of carboxylic acid groups (broad SMARTS) is 2. The lowest BCUT2D eigenvalue weighted by atomic mass is 10.0. The Morgan fingerprint density at radius 1 is 0.700 bits per heavy atom. The zero-order valence-corrected chi connectivity index (χ0v) is 16.4. The molecule has 8 nitrogen and oxygen atoms in total. The van der Waals surface area contributed by atoms with Gasteiger partial charge in [0, 0.05) is 42.6 Å². The standard InChI is InChI=1S/C22H24N2O6/c25-19(8-4-10-21(27)28)23-16-12-13-18(24-20(26)9-5-11-22(29)30)17(14-16)15-6-2-1-3-7-15/h1-3,6-7,12-14H,4-5,8-11H2,(H,23,25)(H,24,26)(H,27,28)(H,29,30). The van der Waals surface area contributed by atoms with Crippen molar-refractivity contribution in [3.8, 4) is 11.1 Å². The van der Waals surface area contributed by atoms with E-state index >= 15 is 0 Å². The normalized spacial score (nSPS) is 10.3. The van der Waals surface area contributed by atoms with E-state index in [1.165, 1.54) is 0 Å². The summed E-state index contributed by atoms with van der Waals surface area (Å²) in [5, 5.41) is 22.9. The van der Waals surface area contributed by atoms with Crippen LogP contribution in [-0.2, 0) is 19.2 Å². The lowest BCUT2D eigenvalue weighted by molar-refractivity contribution is -0.138. The highest BCUT2D eigenvalue weighted by Gasteiger charge is 2.12. The van der Waals surface area contributed by atoms with Crippen molar-refractivity contribution in [3.05, 3.63) is 48.5 Å². The Hall–Kier alpha value is -3.68. The molecule has 2 aromatic carbocycles. The second-order valence-electron chi connectivity index (χ2n) is 6.72. The van der Waals surface area contributed by atoms with Crippen LogP contribution in [0.3, 0.4) is 0 Å². The fourth-order valence-corrected chi connectivity index (χ4v) is 2.82. The van der Waals surface area contributed by atoms with Gasteiger partial charge in [-0.25, -0.2) is 0 Å². The van der Waals surface area contributed by atoms with Crippen molar-refractivity contribution >= 4 is 35.1 Å². The molecule has 0 unspecified atom stereocenters. The second kappa shape index (κ2) is 11.4. The minimum atomic E-state index is -0.948. The van der Waals surface area contributed by atoms with Crippen LogP contribution >= 0.6 is 0 Å². The molecule has 0 aliphatic rings. The number of rotatable bonds is 11. The van der Waals surface area contributed by atoms with Gasteiger partial charge in [-0.1, -0.05) is 30.3 Å². The highest BCUT2D eigenvalue weighted by Crippen LogP contribution is 2.31. The van der Waals surface area contributed by atoms with E-state index in [2.05, 4.69) is 10.6 Å². The van der Waals surface area contributed by atoms with Gasteiger partial charge >= 0.3 is 11.9 Å². The van der Waals surface area contributed by atoms with Gasteiger partial charge in [0.25, 0.3) is 0 Å². The third-order valence-electron chi connectivity index (χ3n) is 4.25. The first-order chi connectivity index (χ1) is 14.3. The molecule has 8 heteroatoms. The summed E-state index contributed by atoms with van der Waals surface area (Å²) in [5.41, 5.74) is 2.61. The van der Waals surface area contributed by atoms with Crippen LogP contribution < -0.4 is 10.6 Å². The average molecular weight is 412 g/mol. The largest absolute Gasteiger partial charge is 0.481 e. The maximum atomic E-state index is 12.2. The summed E-state index contributed by atoms with van der Waals surface area (Å²) in [4.78, 5) is 45.4. The van der Waals surface area contributed by atoms with E-state index in [-0.39, 0.29) is 50.3 Å². The van der Waals surface area contributed by atoms with Crippen molar-refractivity contribution < 1.29 is 29.4 Å². The van der Waals surface area contributed by atoms with Crippen LogP contribution in [0.5, 0.6) is 0 Å². The van der Waals surface area contributed by atoms with Crippen molar-refractivity contribution in [2.75, 3.05) is 10.6 Å². The number of carboxylic acids is 2. The van der Waals surface area contributed by atoms with Gasteiger partial charge < -0.3 is 20.8 Å². The molecule has 0 radical (unpaired) electrons. The number of amides is 2. The van der Waals surface area contributed by atoms with Crippen LogP contribution in [0.25, 0.3) is 11.1 Å². The lowest BCUT2D eigenvalue weighted by Gasteiger charge is -2.14. The van der Waals surface area contributed by atoms with Crippen molar-refractivity contribution in [1.29, 1.82) is 0 Å². The summed E-state index contributed by atoms with van der Waals surface area (Å²) in [5.74, 6) is -2.48. The van der Waals surface area contributed by atoms with Gasteiger partial charge in [-0.05, 0) is 36.6 Å². The molecule has 0 atom stereocenters. The number of benzene rings is 2. The van der Waals surface area contributed by atoms with Crippen LogP contribution in [0.1, 0.15) is 38.5 Å². The molecule has 0 saturated carbocycles. The zero-order chi connectivity index (χ0) is 21.9. The van der Waals surface area contributed by atoms with E-state index < -0.39 is 11.9 Å². The topological polar surface area (TPSA) is 133 Å². The fraction of sp³-hybridized carbons (Fsp3) is 0.273. The summed E-state index contributed by atoms with van der Waals surface area (Å²) in [6.45, 7) is 0.